The fourth-order valence-corrected chi connectivity index (χ4v) is 2.66. The van der Waals surface area contributed by atoms with Gasteiger partial charge >= 0.3 is 0 Å². The zero-order valence-corrected chi connectivity index (χ0v) is 17.3. The summed E-state index contributed by atoms with van der Waals surface area (Å²) in [7, 11) is 1.62. The Kier molecular flexibility index (Phi) is 7.75. The van der Waals surface area contributed by atoms with Crippen LogP contribution in [0.25, 0.3) is 0 Å². The van der Waals surface area contributed by atoms with Gasteiger partial charge in [0.2, 0.25) is 0 Å². The van der Waals surface area contributed by atoms with Gasteiger partial charge in [0.25, 0.3) is 0 Å². The summed E-state index contributed by atoms with van der Waals surface area (Å²) in [5.41, 5.74) is -0.154. The molecule has 1 aromatic carbocycles. The van der Waals surface area contributed by atoms with E-state index in [-0.39, 0.29) is 6.54 Å². The molecule has 0 bridgehead atoms. The summed E-state index contributed by atoms with van der Waals surface area (Å²) in [5, 5.41) is 17.0. The Balaban J connectivity index is 2.05. The third kappa shape index (κ3) is 5.92. The van der Waals surface area contributed by atoms with Crippen molar-refractivity contribution < 1.29 is 19.0 Å². The fourth-order valence-electron chi connectivity index (χ4n) is 2.66. The summed E-state index contributed by atoms with van der Waals surface area (Å²) in [4.78, 5) is 4.59. The zero-order valence-electron chi connectivity index (χ0n) is 17.3. The molecule has 1 aromatic heterocycles. The standard InChI is InChI=1S/C21H31N3O4/c1-6-22-20(24-14-21(4,25)19-11-8-15(3)28-19)23-13-16-9-10-17(27-7-2)18(12-16)26-5/h8-12,25H,6-7,13-14H2,1-5H3,(H2,22,23,24). The molecular formula is C21H31N3O4. The summed E-state index contributed by atoms with van der Waals surface area (Å²) < 4.78 is 16.5. The number of methoxy groups -OCH3 is 1. The number of furan rings is 1. The topological polar surface area (TPSA) is 88.3 Å². The van der Waals surface area contributed by atoms with Crippen LogP contribution in [-0.2, 0) is 12.1 Å². The molecule has 28 heavy (non-hydrogen) atoms. The maximum absolute atomic E-state index is 10.7. The lowest BCUT2D eigenvalue weighted by atomic mass is 10.0. The maximum Gasteiger partial charge on any atom is 0.191 e. The van der Waals surface area contributed by atoms with E-state index in [9.17, 15) is 5.11 Å². The molecule has 0 aliphatic rings. The maximum atomic E-state index is 10.7. The fraction of sp³-hybridized carbons (Fsp3) is 0.476. The predicted octanol–water partition coefficient (Wildman–Crippen LogP) is 2.96. The number of aryl methyl sites for hydroxylation is 1. The van der Waals surface area contributed by atoms with E-state index in [1.54, 1.807) is 20.1 Å². The van der Waals surface area contributed by atoms with Crippen LogP contribution < -0.4 is 20.1 Å². The minimum absolute atomic E-state index is 0.262. The van der Waals surface area contributed by atoms with Gasteiger partial charge in [0.15, 0.2) is 17.5 Å². The zero-order chi connectivity index (χ0) is 20.6. The molecule has 1 unspecified atom stereocenters. The van der Waals surface area contributed by atoms with Crippen molar-refractivity contribution in [3.63, 3.8) is 0 Å². The second kappa shape index (κ2) is 10.0. The van der Waals surface area contributed by atoms with E-state index in [1.807, 2.05) is 45.0 Å². The molecule has 1 heterocycles. The monoisotopic (exact) mass is 389 g/mol. The first kappa shape index (κ1) is 21.6. The van der Waals surface area contributed by atoms with Gasteiger partial charge in [-0.25, -0.2) is 4.99 Å². The lowest BCUT2D eigenvalue weighted by molar-refractivity contribution is 0.0378. The highest BCUT2D eigenvalue weighted by Crippen LogP contribution is 2.28. The first-order valence-electron chi connectivity index (χ1n) is 9.50. The van der Waals surface area contributed by atoms with Crippen LogP contribution in [0.3, 0.4) is 0 Å². The van der Waals surface area contributed by atoms with Crippen LogP contribution >= 0.6 is 0 Å². The van der Waals surface area contributed by atoms with E-state index in [1.165, 1.54) is 0 Å². The molecule has 0 saturated heterocycles. The van der Waals surface area contributed by atoms with Crippen molar-refractivity contribution in [1.82, 2.24) is 10.6 Å². The van der Waals surface area contributed by atoms with E-state index >= 15 is 0 Å². The van der Waals surface area contributed by atoms with Gasteiger partial charge in [-0.2, -0.15) is 0 Å². The molecule has 2 rings (SSSR count). The Morgan fingerprint density at radius 1 is 1.18 bits per heavy atom. The normalized spacial score (nSPS) is 13.7. The van der Waals surface area contributed by atoms with Crippen molar-refractivity contribution in [3.8, 4) is 11.5 Å². The van der Waals surface area contributed by atoms with Gasteiger partial charge in [-0.15, -0.1) is 0 Å². The van der Waals surface area contributed by atoms with Gasteiger partial charge in [0, 0.05) is 6.54 Å². The predicted molar refractivity (Wildman–Crippen MR) is 110 cm³/mol. The quantitative estimate of drug-likeness (QED) is 0.451. The summed E-state index contributed by atoms with van der Waals surface area (Å²) in [6, 6.07) is 9.38. The first-order chi connectivity index (χ1) is 13.4. The van der Waals surface area contributed by atoms with E-state index in [0.717, 1.165) is 11.3 Å². The summed E-state index contributed by atoms with van der Waals surface area (Å²) in [6.07, 6.45) is 0. The summed E-state index contributed by atoms with van der Waals surface area (Å²) in [6.45, 7) is 9.50. The molecular weight excluding hydrogens is 358 g/mol. The molecule has 3 N–H and O–H groups in total. The number of hydrogen-bond donors (Lipinski definition) is 3. The van der Waals surface area contributed by atoms with Gasteiger partial charge < -0.3 is 29.6 Å². The molecule has 7 nitrogen and oxygen atoms in total. The molecule has 7 heteroatoms. The minimum atomic E-state index is -1.15. The van der Waals surface area contributed by atoms with E-state index < -0.39 is 5.60 Å². The summed E-state index contributed by atoms with van der Waals surface area (Å²) >= 11 is 0. The molecule has 1 atom stereocenters. The summed E-state index contributed by atoms with van der Waals surface area (Å²) in [5.74, 6) is 3.29. The molecule has 0 amide bonds. The van der Waals surface area contributed by atoms with Gasteiger partial charge in [-0.05, 0) is 57.5 Å². The number of ether oxygens (including phenoxy) is 2. The van der Waals surface area contributed by atoms with Crippen LogP contribution in [-0.4, -0.2) is 37.9 Å². The molecule has 0 saturated carbocycles. The highest BCUT2D eigenvalue weighted by Gasteiger charge is 2.27. The minimum Gasteiger partial charge on any atom is -0.493 e. The number of rotatable bonds is 9. The molecule has 0 fully saturated rings. The Morgan fingerprint density at radius 3 is 2.57 bits per heavy atom. The number of hydrogen-bond acceptors (Lipinski definition) is 5. The second-order valence-corrected chi connectivity index (χ2v) is 6.65. The van der Waals surface area contributed by atoms with Crippen molar-refractivity contribution in [2.45, 2.75) is 39.8 Å². The van der Waals surface area contributed by atoms with Crippen molar-refractivity contribution >= 4 is 5.96 Å². The molecule has 2 aromatic rings. The number of nitrogens with one attached hydrogen (secondary N) is 2. The van der Waals surface area contributed by atoms with Crippen molar-refractivity contribution in [2.75, 3.05) is 26.8 Å². The van der Waals surface area contributed by atoms with Crippen LogP contribution in [0.2, 0.25) is 0 Å². The number of aliphatic imine (C=N–C) groups is 1. The van der Waals surface area contributed by atoms with E-state index in [4.69, 9.17) is 13.9 Å². The second-order valence-electron chi connectivity index (χ2n) is 6.65. The Hall–Kier alpha value is -2.67. The molecule has 154 valence electrons. The van der Waals surface area contributed by atoms with Gasteiger partial charge in [-0.3, -0.25) is 0 Å². The molecule has 0 aliphatic heterocycles. The first-order valence-corrected chi connectivity index (χ1v) is 9.50. The number of benzene rings is 1. The average molecular weight is 389 g/mol. The van der Waals surface area contributed by atoms with Crippen molar-refractivity contribution in [1.29, 1.82) is 0 Å². The van der Waals surface area contributed by atoms with Crippen molar-refractivity contribution in [3.05, 3.63) is 47.4 Å². The van der Waals surface area contributed by atoms with Crippen LogP contribution in [0.4, 0.5) is 0 Å². The van der Waals surface area contributed by atoms with Gasteiger partial charge in [0.05, 0.1) is 26.8 Å². The van der Waals surface area contributed by atoms with Crippen LogP contribution in [0.15, 0.2) is 39.7 Å². The highest BCUT2D eigenvalue weighted by atomic mass is 16.5. The Bertz CT molecular complexity index is 784. The average Bonchev–Trinajstić information content (AvgIpc) is 3.12. The lowest BCUT2D eigenvalue weighted by Gasteiger charge is -2.22. The molecule has 0 radical (unpaired) electrons. The van der Waals surface area contributed by atoms with E-state index in [0.29, 0.717) is 42.9 Å². The van der Waals surface area contributed by atoms with Gasteiger partial charge in [-0.1, -0.05) is 6.07 Å². The van der Waals surface area contributed by atoms with E-state index in [2.05, 4.69) is 15.6 Å². The largest absolute Gasteiger partial charge is 0.493 e. The molecule has 0 spiro atoms. The highest BCUT2D eigenvalue weighted by molar-refractivity contribution is 5.79. The van der Waals surface area contributed by atoms with Crippen LogP contribution in [0.1, 0.15) is 37.9 Å². The van der Waals surface area contributed by atoms with Crippen molar-refractivity contribution in [2.24, 2.45) is 4.99 Å². The Labute approximate surface area is 166 Å². The lowest BCUT2D eigenvalue weighted by Crippen LogP contribution is -2.44. The third-order valence-corrected chi connectivity index (χ3v) is 4.16. The smallest absolute Gasteiger partial charge is 0.191 e. The van der Waals surface area contributed by atoms with Crippen LogP contribution in [0, 0.1) is 6.92 Å². The number of aliphatic hydroxyl groups is 1. The Morgan fingerprint density at radius 2 is 1.96 bits per heavy atom. The third-order valence-electron chi connectivity index (χ3n) is 4.16. The molecule has 0 aliphatic carbocycles. The number of nitrogens with zero attached hydrogens (tertiary/aromatic N) is 1. The SMILES string of the molecule is CCNC(=NCc1ccc(OCC)c(OC)c1)NCC(C)(O)c1ccc(C)o1. The van der Waals surface area contributed by atoms with Gasteiger partial charge in [0.1, 0.15) is 17.1 Å². The number of guanidine groups is 1. The van der Waals surface area contributed by atoms with Crippen LogP contribution in [0.5, 0.6) is 11.5 Å².